The van der Waals surface area contributed by atoms with Crippen molar-refractivity contribution < 1.29 is 13.2 Å². The minimum Gasteiger partial charge on any atom is -0.387 e. The molecule has 0 aliphatic carbocycles. The van der Waals surface area contributed by atoms with E-state index < -0.39 is 17.5 Å². The Hall–Kier alpha value is -1.97. The van der Waals surface area contributed by atoms with Gasteiger partial charge in [0.15, 0.2) is 0 Å². The second-order valence-electron chi connectivity index (χ2n) is 5.20. The second-order valence-corrected chi connectivity index (χ2v) is 5.20. The summed E-state index contributed by atoms with van der Waals surface area (Å²) in [5.74, 6) is -2.73. The third kappa shape index (κ3) is 4.75. The predicted molar refractivity (Wildman–Crippen MR) is 90.4 cm³/mol. The summed E-state index contributed by atoms with van der Waals surface area (Å²) in [6.45, 7) is 5.83. The van der Waals surface area contributed by atoms with Gasteiger partial charge in [0.2, 0.25) is 0 Å². The monoisotopic (exact) mass is 323 g/mol. The molecule has 0 aliphatic rings. The van der Waals surface area contributed by atoms with Crippen molar-refractivity contribution >= 4 is 5.70 Å². The Balaban J connectivity index is 3.62. The first-order valence-corrected chi connectivity index (χ1v) is 7.85. The van der Waals surface area contributed by atoms with Crippen LogP contribution < -0.4 is 5.32 Å². The van der Waals surface area contributed by atoms with Crippen molar-refractivity contribution in [2.75, 3.05) is 7.05 Å². The molecule has 0 heterocycles. The Kier molecular flexibility index (Phi) is 7.66. The predicted octanol–water partition coefficient (Wildman–Crippen LogP) is 5.75. The smallest absolute Gasteiger partial charge is 0.138 e. The van der Waals surface area contributed by atoms with Crippen molar-refractivity contribution in [2.45, 2.75) is 40.0 Å². The van der Waals surface area contributed by atoms with E-state index >= 15 is 0 Å². The summed E-state index contributed by atoms with van der Waals surface area (Å²) < 4.78 is 41.6. The molecule has 0 unspecified atom stereocenters. The van der Waals surface area contributed by atoms with E-state index in [1.54, 1.807) is 7.05 Å². The van der Waals surface area contributed by atoms with E-state index in [-0.39, 0.29) is 5.56 Å². The summed E-state index contributed by atoms with van der Waals surface area (Å²) in [5, 5.41) is 2.90. The zero-order chi connectivity index (χ0) is 17.4. The summed E-state index contributed by atoms with van der Waals surface area (Å²) in [4.78, 5) is 0. The van der Waals surface area contributed by atoms with Gasteiger partial charge < -0.3 is 5.32 Å². The first-order valence-electron chi connectivity index (χ1n) is 7.85. The van der Waals surface area contributed by atoms with Gasteiger partial charge >= 0.3 is 0 Å². The topological polar surface area (TPSA) is 12.0 Å². The molecule has 23 heavy (non-hydrogen) atoms. The molecule has 1 N–H and O–H groups in total. The lowest BCUT2D eigenvalue weighted by molar-refractivity contribution is 0.537. The third-order valence-corrected chi connectivity index (χ3v) is 3.59. The number of benzene rings is 1. The van der Waals surface area contributed by atoms with Crippen LogP contribution in [0.4, 0.5) is 13.2 Å². The molecule has 126 valence electrons. The maximum absolute atomic E-state index is 14.2. The van der Waals surface area contributed by atoms with Crippen LogP contribution in [0.1, 0.15) is 45.6 Å². The van der Waals surface area contributed by atoms with Crippen LogP contribution in [0, 0.1) is 17.5 Å². The van der Waals surface area contributed by atoms with Crippen LogP contribution in [-0.2, 0) is 0 Å². The average Bonchev–Trinajstić information content (AvgIpc) is 2.50. The quantitative estimate of drug-likeness (QED) is 0.630. The Bertz CT molecular complexity index is 604. The molecule has 0 amide bonds. The molecule has 0 spiro atoms. The largest absolute Gasteiger partial charge is 0.387 e. The van der Waals surface area contributed by atoms with E-state index in [0.717, 1.165) is 24.0 Å². The van der Waals surface area contributed by atoms with E-state index in [4.69, 9.17) is 0 Å². The zero-order valence-corrected chi connectivity index (χ0v) is 14.1. The highest BCUT2D eigenvalue weighted by molar-refractivity contribution is 5.73. The Morgan fingerprint density at radius 1 is 1.13 bits per heavy atom. The third-order valence-electron chi connectivity index (χ3n) is 3.59. The van der Waals surface area contributed by atoms with Crippen molar-refractivity contribution in [3.8, 4) is 0 Å². The molecule has 1 aromatic carbocycles. The number of nitrogens with one attached hydrogen (secondary N) is 1. The Labute approximate surface area is 136 Å². The number of allylic oxidation sites excluding steroid dienone is 5. The molecule has 0 bridgehead atoms. The van der Waals surface area contributed by atoms with Crippen molar-refractivity contribution in [2.24, 2.45) is 0 Å². The van der Waals surface area contributed by atoms with Crippen LogP contribution >= 0.6 is 0 Å². The van der Waals surface area contributed by atoms with Crippen LogP contribution in [0.15, 0.2) is 41.5 Å². The van der Waals surface area contributed by atoms with E-state index in [9.17, 15) is 13.2 Å². The number of halogens is 3. The standard InChI is InChI=1S/C19H24F3N/c1-5-8-10-15(13(7-3)9-6-2)19(23-4)18-16(21)11-14(20)12-17(18)22/h6-7,9,11-12,23H,5,8,10H2,1-4H3/b9-6-,13-7+,19-15+. The molecule has 0 aliphatic heterocycles. The van der Waals surface area contributed by atoms with Gasteiger partial charge in [-0.1, -0.05) is 31.6 Å². The fourth-order valence-corrected chi connectivity index (χ4v) is 2.53. The first kappa shape index (κ1) is 19.1. The highest BCUT2D eigenvalue weighted by atomic mass is 19.1. The van der Waals surface area contributed by atoms with E-state index in [1.165, 1.54) is 0 Å². The number of hydrogen-bond acceptors (Lipinski definition) is 1. The van der Waals surface area contributed by atoms with E-state index in [2.05, 4.69) is 12.2 Å². The van der Waals surface area contributed by atoms with Gasteiger partial charge in [-0.05, 0) is 37.8 Å². The van der Waals surface area contributed by atoms with Crippen molar-refractivity contribution in [3.63, 3.8) is 0 Å². The van der Waals surface area contributed by atoms with Crippen LogP contribution in [0.25, 0.3) is 5.70 Å². The summed E-state index contributed by atoms with van der Waals surface area (Å²) in [6, 6.07) is 1.41. The number of unbranched alkanes of at least 4 members (excludes halogenated alkanes) is 1. The average molecular weight is 323 g/mol. The lowest BCUT2D eigenvalue weighted by Gasteiger charge is -2.18. The normalized spacial score (nSPS) is 13.4. The fraction of sp³-hybridized carbons (Fsp3) is 0.368. The highest BCUT2D eigenvalue weighted by Crippen LogP contribution is 2.30. The summed E-state index contributed by atoms with van der Waals surface area (Å²) in [5.41, 5.74) is 1.86. The molecule has 1 rings (SSSR count). The van der Waals surface area contributed by atoms with Gasteiger partial charge in [0.1, 0.15) is 17.5 Å². The van der Waals surface area contributed by atoms with Gasteiger partial charge in [-0.2, -0.15) is 0 Å². The molecular formula is C19H24F3N. The number of hydrogen-bond donors (Lipinski definition) is 1. The Morgan fingerprint density at radius 3 is 2.17 bits per heavy atom. The fourth-order valence-electron chi connectivity index (χ4n) is 2.53. The van der Waals surface area contributed by atoms with Crippen LogP contribution in [0.3, 0.4) is 0 Å². The highest BCUT2D eigenvalue weighted by Gasteiger charge is 2.19. The summed E-state index contributed by atoms with van der Waals surface area (Å²) >= 11 is 0. The van der Waals surface area contributed by atoms with Gasteiger partial charge in [-0.15, -0.1) is 0 Å². The van der Waals surface area contributed by atoms with Gasteiger partial charge in [0.05, 0.1) is 11.3 Å². The molecule has 1 aromatic rings. The first-order chi connectivity index (χ1) is 11.0. The Morgan fingerprint density at radius 2 is 1.74 bits per heavy atom. The molecule has 0 aromatic heterocycles. The molecule has 0 radical (unpaired) electrons. The lowest BCUT2D eigenvalue weighted by Crippen LogP contribution is -2.13. The molecule has 0 atom stereocenters. The minimum absolute atomic E-state index is 0.219. The molecule has 0 saturated carbocycles. The van der Waals surface area contributed by atoms with E-state index in [1.807, 2.05) is 32.1 Å². The van der Waals surface area contributed by atoms with Crippen LogP contribution in [-0.4, -0.2) is 7.05 Å². The molecule has 4 heteroatoms. The SMILES string of the molecule is C\C=C/C(=C\C)C(/CCCC)=C(/NC)c1c(F)cc(F)cc1F. The lowest BCUT2D eigenvalue weighted by atomic mass is 9.93. The van der Waals surface area contributed by atoms with Crippen molar-refractivity contribution in [1.29, 1.82) is 0 Å². The number of rotatable bonds is 7. The molecule has 1 nitrogen and oxygen atoms in total. The van der Waals surface area contributed by atoms with Gasteiger partial charge in [0.25, 0.3) is 0 Å². The maximum Gasteiger partial charge on any atom is 0.138 e. The minimum atomic E-state index is -0.922. The zero-order valence-electron chi connectivity index (χ0n) is 14.1. The maximum atomic E-state index is 14.2. The summed E-state index contributed by atoms with van der Waals surface area (Å²) in [7, 11) is 1.62. The second kappa shape index (κ2) is 9.23. The van der Waals surface area contributed by atoms with Gasteiger partial charge in [0, 0.05) is 19.2 Å². The molecule has 0 fully saturated rings. The van der Waals surface area contributed by atoms with Crippen molar-refractivity contribution in [3.05, 3.63) is 64.5 Å². The molecular weight excluding hydrogens is 299 g/mol. The molecule has 0 saturated heterocycles. The van der Waals surface area contributed by atoms with Crippen LogP contribution in [0.2, 0.25) is 0 Å². The van der Waals surface area contributed by atoms with Gasteiger partial charge in [-0.25, -0.2) is 13.2 Å². The van der Waals surface area contributed by atoms with Crippen molar-refractivity contribution in [1.82, 2.24) is 5.32 Å². The summed E-state index contributed by atoms with van der Waals surface area (Å²) in [6.07, 6.45) is 8.21. The van der Waals surface area contributed by atoms with Crippen LogP contribution in [0.5, 0.6) is 0 Å². The van der Waals surface area contributed by atoms with Gasteiger partial charge in [-0.3, -0.25) is 0 Å². The van der Waals surface area contributed by atoms with E-state index in [0.29, 0.717) is 24.3 Å².